The van der Waals surface area contributed by atoms with Crippen molar-refractivity contribution in [2.45, 2.75) is 12.1 Å². The van der Waals surface area contributed by atoms with Crippen LogP contribution in [0.5, 0.6) is 5.75 Å². The number of anilines is 1. The van der Waals surface area contributed by atoms with Gasteiger partial charge in [0.2, 0.25) is 5.91 Å². The predicted octanol–water partition coefficient (Wildman–Crippen LogP) is 3.13. The number of hydrogen-bond acceptors (Lipinski definition) is 6. The van der Waals surface area contributed by atoms with Crippen LogP contribution in [0.4, 0.5) is 5.69 Å². The van der Waals surface area contributed by atoms with Crippen molar-refractivity contribution >= 4 is 29.0 Å². The number of aromatic nitrogens is 4. The van der Waals surface area contributed by atoms with Crippen molar-refractivity contribution in [3.8, 4) is 17.1 Å². The molecule has 30 heavy (non-hydrogen) atoms. The molecule has 0 unspecified atom stereocenters. The molecule has 152 valence electrons. The number of nitrogens with zero attached hydrogens (tertiary/aromatic N) is 3. The third kappa shape index (κ3) is 4.06. The van der Waals surface area contributed by atoms with Gasteiger partial charge in [0.25, 0.3) is 5.56 Å². The number of ether oxygens (including phenoxy) is 1. The van der Waals surface area contributed by atoms with Crippen LogP contribution in [0.1, 0.15) is 5.56 Å². The highest BCUT2D eigenvalue weighted by molar-refractivity contribution is 7.99. The van der Waals surface area contributed by atoms with E-state index >= 15 is 0 Å². The zero-order valence-electron chi connectivity index (χ0n) is 16.4. The van der Waals surface area contributed by atoms with E-state index in [0.717, 1.165) is 11.1 Å². The maximum absolute atomic E-state index is 12.5. The van der Waals surface area contributed by atoms with Gasteiger partial charge in [-0.05, 0) is 24.6 Å². The van der Waals surface area contributed by atoms with E-state index in [1.807, 2.05) is 43.3 Å². The Bertz CT molecular complexity index is 1280. The first-order chi connectivity index (χ1) is 14.5. The summed E-state index contributed by atoms with van der Waals surface area (Å²) in [4.78, 5) is 33.4. The van der Waals surface area contributed by atoms with Gasteiger partial charge in [0.1, 0.15) is 5.75 Å². The highest BCUT2D eigenvalue weighted by atomic mass is 32.2. The van der Waals surface area contributed by atoms with E-state index in [-0.39, 0.29) is 17.2 Å². The molecule has 2 aromatic carbocycles. The number of nitrogens with one attached hydrogen (secondary N) is 2. The van der Waals surface area contributed by atoms with Crippen LogP contribution in [0.25, 0.3) is 17.0 Å². The number of amides is 1. The average molecular weight is 421 g/mol. The molecule has 0 aliphatic carbocycles. The minimum atomic E-state index is -0.286. The molecule has 0 bridgehead atoms. The monoisotopic (exact) mass is 421 g/mol. The number of carbonyl (C=O) groups excluding carboxylic acids is 1. The molecule has 2 N–H and O–H groups in total. The van der Waals surface area contributed by atoms with Crippen molar-refractivity contribution < 1.29 is 9.53 Å². The minimum absolute atomic E-state index is 0.0948. The number of fused-ring (bicyclic) bond motifs is 1. The second-order valence-electron chi connectivity index (χ2n) is 6.50. The fourth-order valence-corrected chi connectivity index (χ4v) is 3.74. The van der Waals surface area contributed by atoms with Gasteiger partial charge < -0.3 is 10.1 Å². The first-order valence-corrected chi connectivity index (χ1v) is 10.1. The molecule has 8 nitrogen and oxygen atoms in total. The Morgan fingerprint density at radius 2 is 1.93 bits per heavy atom. The van der Waals surface area contributed by atoms with E-state index in [2.05, 4.69) is 20.4 Å². The van der Waals surface area contributed by atoms with Crippen molar-refractivity contribution in [3.63, 3.8) is 0 Å². The van der Waals surface area contributed by atoms with Gasteiger partial charge in [-0.1, -0.05) is 48.2 Å². The van der Waals surface area contributed by atoms with Crippen LogP contribution < -0.4 is 15.6 Å². The Labute approximate surface area is 176 Å². The molecule has 0 fully saturated rings. The number of para-hydroxylation sites is 2. The lowest BCUT2D eigenvalue weighted by atomic mass is 10.1. The van der Waals surface area contributed by atoms with Gasteiger partial charge in [0.15, 0.2) is 16.6 Å². The molecule has 0 spiro atoms. The van der Waals surface area contributed by atoms with Gasteiger partial charge in [0.05, 0.1) is 18.6 Å². The molecular formula is C21H19N5O3S. The summed E-state index contributed by atoms with van der Waals surface area (Å²) in [5, 5.41) is 5.97. The highest BCUT2D eigenvalue weighted by Gasteiger charge is 2.15. The molecule has 0 saturated heterocycles. The van der Waals surface area contributed by atoms with Gasteiger partial charge in [-0.3, -0.25) is 14.7 Å². The van der Waals surface area contributed by atoms with Gasteiger partial charge >= 0.3 is 0 Å². The van der Waals surface area contributed by atoms with Crippen LogP contribution in [0.2, 0.25) is 0 Å². The Morgan fingerprint density at radius 3 is 2.73 bits per heavy atom. The van der Waals surface area contributed by atoms with E-state index in [9.17, 15) is 9.59 Å². The van der Waals surface area contributed by atoms with Gasteiger partial charge in [-0.15, -0.1) is 0 Å². The Morgan fingerprint density at radius 1 is 1.17 bits per heavy atom. The second kappa shape index (κ2) is 8.42. The van der Waals surface area contributed by atoms with E-state index < -0.39 is 0 Å². The number of aryl methyl sites for hydroxylation is 1. The number of thioether (sulfide) groups is 1. The summed E-state index contributed by atoms with van der Waals surface area (Å²) in [6, 6.07) is 16.3. The number of rotatable bonds is 6. The van der Waals surface area contributed by atoms with E-state index in [4.69, 9.17) is 4.74 Å². The van der Waals surface area contributed by atoms with E-state index in [0.29, 0.717) is 28.1 Å². The molecule has 0 atom stereocenters. The summed E-state index contributed by atoms with van der Waals surface area (Å²) in [5.41, 5.74) is 2.64. The molecule has 0 aliphatic rings. The highest BCUT2D eigenvalue weighted by Crippen LogP contribution is 2.25. The van der Waals surface area contributed by atoms with Crippen LogP contribution in [-0.4, -0.2) is 38.4 Å². The maximum atomic E-state index is 12.5. The fourth-order valence-electron chi connectivity index (χ4n) is 2.99. The lowest BCUT2D eigenvalue weighted by molar-refractivity contribution is -0.113. The first-order valence-electron chi connectivity index (χ1n) is 9.16. The van der Waals surface area contributed by atoms with Crippen molar-refractivity contribution in [1.29, 1.82) is 0 Å². The van der Waals surface area contributed by atoms with E-state index in [1.165, 1.54) is 22.3 Å². The molecule has 4 rings (SSSR count). The molecule has 2 heterocycles. The molecule has 0 aliphatic heterocycles. The van der Waals surface area contributed by atoms with Crippen LogP contribution in [0, 0.1) is 6.92 Å². The Hall–Kier alpha value is -3.59. The molecule has 9 heteroatoms. The van der Waals surface area contributed by atoms with Crippen molar-refractivity contribution in [1.82, 2.24) is 19.6 Å². The fraction of sp³-hybridized carbons (Fsp3) is 0.143. The summed E-state index contributed by atoms with van der Waals surface area (Å²) in [7, 11) is 1.55. The molecule has 4 aromatic rings. The lowest BCUT2D eigenvalue weighted by Crippen LogP contribution is -2.15. The van der Waals surface area contributed by atoms with Crippen LogP contribution in [0.3, 0.4) is 0 Å². The van der Waals surface area contributed by atoms with Gasteiger partial charge in [0, 0.05) is 11.6 Å². The van der Waals surface area contributed by atoms with Crippen molar-refractivity contribution in [2.24, 2.45) is 0 Å². The SMILES string of the molecule is COc1ccccc1NC(=O)CSc1nc(-c2ccccc2C)nc2cc(=O)[nH]n12. The predicted molar refractivity (Wildman–Crippen MR) is 116 cm³/mol. The van der Waals surface area contributed by atoms with E-state index in [1.54, 1.807) is 19.2 Å². The number of benzene rings is 2. The second-order valence-corrected chi connectivity index (χ2v) is 7.44. The standard InChI is InChI=1S/C21H19N5O3S/c1-13-7-3-4-8-14(13)20-23-17-11-18(27)25-26(17)21(24-20)30-12-19(28)22-15-9-5-6-10-16(15)29-2/h3-11H,12H2,1-2H3,(H,22,28)(H,25,27). The summed E-state index contributed by atoms with van der Waals surface area (Å²) >= 11 is 1.21. The minimum Gasteiger partial charge on any atom is -0.495 e. The zero-order valence-corrected chi connectivity index (χ0v) is 17.2. The average Bonchev–Trinajstić information content (AvgIpc) is 3.13. The summed E-state index contributed by atoms with van der Waals surface area (Å²) in [6.07, 6.45) is 0. The number of hydrogen-bond donors (Lipinski definition) is 2. The van der Waals surface area contributed by atoms with Crippen LogP contribution in [-0.2, 0) is 4.79 Å². The smallest absolute Gasteiger partial charge is 0.266 e. The third-order valence-corrected chi connectivity index (χ3v) is 5.36. The van der Waals surface area contributed by atoms with Crippen molar-refractivity contribution in [3.05, 3.63) is 70.5 Å². The Kier molecular flexibility index (Phi) is 5.53. The van der Waals surface area contributed by atoms with Gasteiger partial charge in [-0.2, -0.15) is 0 Å². The molecule has 1 amide bonds. The molecule has 2 aromatic heterocycles. The summed E-state index contributed by atoms with van der Waals surface area (Å²) < 4.78 is 6.75. The normalized spacial score (nSPS) is 10.9. The van der Waals surface area contributed by atoms with Crippen molar-refractivity contribution in [2.75, 3.05) is 18.2 Å². The Balaban J connectivity index is 1.61. The summed E-state index contributed by atoms with van der Waals surface area (Å²) in [6.45, 7) is 1.97. The topological polar surface area (TPSA) is 101 Å². The summed E-state index contributed by atoms with van der Waals surface area (Å²) in [5.74, 6) is 0.956. The third-order valence-electron chi connectivity index (χ3n) is 4.42. The number of H-pyrrole nitrogens is 1. The number of carbonyl (C=O) groups is 1. The first kappa shape index (κ1) is 19.7. The van der Waals surface area contributed by atoms with Crippen LogP contribution in [0.15, 0.2) is 64.5 Å². The lowest BCUT2D eigenvalue weighted by Gasteiger charge is -2.11. The van der Waals surface area contributed by atoms with Gasteiger partial charge in [-0.25, -0.2) is 14.5 Å². The zero-order chi connectivity index (χ0) is 21.1. The number of methoxy groups -OCH3 is 1. The number of aromatic amines is 1. The molecule has 0 saturated carbocycles. The molecular weight excluding hydrogens is 402 g/mol. The maximum Gasteiger partial charge on any atom is 0.266 e. The largest absolute Gasteiger partial charge is 0.495 e. The molecule has 0 radical (unpaired) electrons. The quantitative estimate of drug-likeness (QED) is 0.464. The van der Waals surface area contributed by atoms with Crippen LogP contribution >= 0.6 is 11.8 Å².